The van der Waals surface area contributed by atoms with E-state index in [1.54, 1.807) is 0 Å². The van der Waals surface area contributed by atoms with Crippen LogP contribution >= 0.6 is 0 Å². The number of rotatable bonds is 9. The second kappa shape index (κ2) is 12.0. The molecule has 2 saturated heterocycles. The summed E-state index contributed by atoms with van der Waals surface area (Å²) in [7, 11) is 2.19. The lowest BCUT2D eigenvalue weighted by atomic mass is 9.92. The molecule has 1 aliphatic carbocycles. The van der Waals surface area contributed by atoms with Crippen LogP contribution in [-0.2, 0) is 9.53 Å². The van der Waals surface area contributed by atoms with Crippen LogP contribution in [0.1, 0.15) is 36.5 Å². The Labute approximate surface area is 204 Å². The average Bonchev–Trinajstić information content (AvgIpc) is 2.84. The number of morpholine rings is 1. The highest BCUT2D eigenvalue weighted by Crippen LogP contribution is 2.23. The van der Waals surface area contributed by atoms with E-state index in [0.29, 0.717) is 38.9 Å². The van der Waals surface area contributed by atoms with E-state index in [4.69, 9.17) is 4.74 Å². The molecule has 188 valence electrons. The van der Waals surface area contributed by atoms with Gasteiger partial charge in [0.2, 0.25) is 5.91 Å². The van der Waals surface area contributed by atoms with Gasteiger partial charge in [-0.05, 0) is 51.1 Å². The van der Waals surface area contributed by atoms with Gasteiger partial charge in [0, 0.05) is 76.2 Å². The van der Waals surface area contributed by atoms with E-state index in [-0.39, 0.29) is 11.8 Å². The van der Waals surface area contributed by atoms with Crippen molar-refractivity contribution in [2.24, 2.45) is 0 Å². The Balaban J connectivity index is 1.21. The smallest absolute Gasteiger partial charge is 0.254 e. The molecule has 1 saturated carbocycles. The highest BCUT2D eigenvalue weighted by Gasteiger charge is 2.25. The number of carbonyl (C=O) groups is 2. The number of piperazine rings is 1. The molecule has 0 N–H and O–H groups in total. The SMILES string of the molecule is CCN(CCN(C)C1CCC1)C(=O)CN1CCN(c2ccc(C(=O)N3CCOCC3)cc2)CC1. The fourth-order valence-electron chi connectivity index (χ4n) is 4.97. The van der Waals surface area contributed by atoms with Gasteiger partial charge in [0.05, 0.1) is 19.8 Å². The topological polar surface area (TPSA) is 59.6 Å². The van der Waals surface area contributed by atoms with Gasteiger partial charge in [0.15, 0.2) is 0 Å². The van der Waals surface area contributed by atoms with Crippen LogP contribution in [0.15, 0.2) is 24.3 Å². The first kappa shape index (κ1) is 24.9. The number of likely N-dealkylation sites (N-methyl/N-ethyl adjacent to an activating group) is 2. The third-order valence-electron chi connectivity index (χ3n) is 7.66. The van der Waals surface area contributed by atoms with E-state index >= 15 is 0 Å². The number of hydrogen-bond acceptors (Lipinski definition) is 6. The lowest BCUT2D eigenvalue weighted by Crippen LogP contribution is -2.51. The first-order chi connectivity index (χ1) is 16.5. The van der Waals surface area contributed by atoms with Crippen LogP contribution in [0.5, 0.6) is 0 Å². The number of nitrogens with zero attached hydrogens (tertiary/aromatic N) is 5. The largest absolute Gasteiger partial charge is 0.378 e. The summed E-state index contributed by atoms with van der Waals surface area (Å²) in [6.07, 6.45) is 3.94. The predicted molar refractivity (Wildman–Crippen MR) is 134 cm³/mol. The summed E-state index contributed by atoms with van der Waals surface area (Å²) >= 11 is 0. The Morgan fingerprint density at radius 3 is 2.24 bits per heavy atom. The van der Waals surface area contributed by atoms with Crippen molar-refractivity contribution in [3.05, 3.63) is 29.8 Å². The number of hydrogen-bond donors (Lipinski definition) is 0. The van der Waals surface area contributed by atoms with Crippen LogP contribution in [0.4, 0.5) is 5.69 Å². The summed E-state index contributed by atoms with van der Waals surface area (Å²) in [6.45, 7) is 11.2. The van der Waals surface area contributed by atoms with Crippen molar-refractivity contribution in [1.82, 2.24) is 19.6 Å². The maximum Gasteiger partial charge on any atom is 0.254 e. The van der Waals surface area contributed by atoms with Gasteiger partial charge in [0.25, 0.3) is 5.91 Å². The molecule has 1 aromatic carbocycles. The van der Waals surface area contributed by atoms with Crippen LogP contribution in [0.2, 0.25) is 0 Å². The van der Waals surface area contributed by atoms with Crippen molar-refractivity contribution in [2.45, 2.75) is 32.2 Å². The van der Waals surface area contributed by atoms with Gasteiger partial charge in [-0.3, -0.25) is 14.5 Å². The quantitative estimate of drug-likeness (QED) is 0.546. The van der Waals surface area contributed by atoms with Gasteiger partial charge in [-0.25, -0.2) is 0 Å². The summed E-state index contributed by atoms with van der Waals surface area (Å²) in [5.41, 5.74) is 1.87. The molecule has 2 amide bonds. The molecule has 8 nitrogen and oxygen atoms in total. The molecule has 8 heteroatoms. The Kier molecular flexibility index (Phi) is 8.80. The monoisotopic (exact) mass is 471 g/mol. The maximum absolute atomic E-state index is 12.9. The number of carbonyl (C=O) groups excluding carboxylic acids is 2. The van der Waals surface area contributed by atoms with Gasteiger partial charge in [-0.1, -0.05) is 6.42 Å². The van der Waals surface area contributed by atoms with Crippen molar-refractivity contribution < 1.29 is 14.3 Å². The zero-order chi connectivity index (χ0) is 23.9. The fraction of sp³-hybridized carbons (Fsp3) is 0.692. The third-order valence-corrected chi connectivity index (χ3v) is 7.66. The van der Waals surface area contributed by atoms with E-state index in [1.165, 1.54) is 19.3 Å². The summed E-state index contributed by atoms with van der Waals surface area (Å²) in [6, 6.07) is 8.68. The Morgan fingerprint density at radius 1 is 0.971 bits per heavy atom. The average molecular weight is 472 g/mol. The zero-order valence-electron chi connectivity index (χ0n) is 21.0. The molecule has 2 aliphatic heterocycles. The number of benzene rings is 1. The van der Waals surface area contributed by atoms with E-state index in [0.717, 1.165) is 57.1 Å². The molecule has 0 atom stereocenters. The Bertz CT molecular complexity index is 799. The summed E-state index contributed by atoms with van der Waals surface area (Å²) in [4.78, 5) is 36.5. The number of anilines is 1. The molecule has 3 aliphatic rings. The highest BCUT2D eigenvalue weighted by molar-refractivity contribution is 5.94. The van der Waals surface area contributed by atoms with Gasteiger partial charge in [-0.2, -0.15) is 0 Å². The number of amides is 2. The second-order valence-electron chi connectivity index (χ2n) is 9.75. The maximum atomic E-state index is 12.9. The molecular formula is C26H41N5O3. The van der Waals surface area contributed by atoms with Crippen molar-refractivity contribution in [3.8, 4) is 0 Å². The van der Waals surface area contributed by atoms with E-state index in [9.17, 15) is 9.59 Å². The first-order valence-corrected chi connectivity index (χ1v) is 13.0. The predicted octanol–water partition coefficient (Wildman–Crippen LogP) is 1.61. The summed E-state index contributed by atoms with van der Waals surface area (Å²) < 4.78 is 5.34. The molecule has 2 heterocycles. The molecule has 0 unspecified atom stereocenters. The Morgan fingerprint density at radius 2 is 1.65 bits per heavy atom. The Hall–Kier alpha value is -2.16. The van der Waals surface area contributed by atoms with E-state index < -0.39 is 0 Å². The van der Waals surface area contributed by atoms with Gasteiger partial charge in [0.1, 0.15) is 0 Å². The van der Waals surface area contributed by atoms with Crippen molar-refractivity contribution >= 4 is 17.5 Å². The molecule has 4 rings (SSSR count). The second-order valence-corrected chi connectivity index (χ2v) is 9.75. The van der Waals surface area contributed by atoms with Crippen molar-refractivity contribution in [2.75, 3.05) is 90.6 Å². The zero-order valence-corrected chi connectivity index (χ0v) is 21.0. The van der Waals surface area contributed by atoms with E-state index in [1.807, 2.05) is 34.1 Å². The molecule has 1 aromatic rings. The fourth-order valence-corrected chi connectivity index (χ4v) is 4.97. The summed E-state index contributed by atoms with van der Waals surface area (Å²) in [5.74, 6) is 0.321. The lowest BCUT2D eigenvalue weighted by molar-refractivity contribution is -0.132. The normalized spacial score (nSPS) is 19.9. The summed E-state index contributed by atoms with van der Waals surface area (Å²) in [5, 5.41) is 0. The minimum atomic E-state index is 0.0811. The van der Waals surface area contributed by atoms with Crippen LogP contribution < -0.4 is 4.90 Å². The minimum absolute atomic E-state index is 0.0811. The highest BCUT2D eigenvalue weighted by atomic mass is 16.5. The van der Waals surface area contributed by atoms with Gasteiger partial charge < -0.3 is 24.3 Å². The van der Waals surface area contributed by atoms with E-state index in [2.05, 4.69) is 28.7 Å². The van der Waals surface area contributed by atoms with Crippen LogP contribution in [0, 0.1) is 0 Å². The van der Waals surface area contributed by atoms with Gasteiger partial charge >= 0.3 is 0 Å². The molecule has 0 radical (unpaired) electrons. The molecule has 0 aromatic heterocycles. The molecule has 3 fully saturated rings. The van der Waals surface area contributed by atoms with Crippen molar-refractivity contribution in [3.63, 3.8) is 0 Å². The molecule has 0 bridgehead atoms. The van der Waals surface area contributed by atoms with Crippen LogP contribution in [-0.4, -0.2) is 123 Å². The molecule has 34 heavy (non-hydrogen) atoms. The van der Waals surface area contributed by atoms with Crippen LogP contribution in [0.3, 0.4) is 0 Å². The van der Waals surface area contributed by atoms with Crippen LogP contribution in [0.25, 0.3) is 0 Å². The third kappa shape index (κ3) is 6.29. The standard InChI is InChI=1S/C26H41N5O3/c1-3-29(14-11-27(2)23-5-4-6-23)25(32)21-28-12-15-30(16-13-28)24-9-7-22(8-10-24)26(33)31-17-19-34-20-18-31/h7-10,23H,3-6,11-21H2,1-2H3. The number of ether oxygens (including phenoxy) is 1. The van der Waals surface area contributed by atoms with Crippen molar-refractivity contribution in [1.29, 1.82) is 0 Å². The lowest BCUT2D eigenvalue weighted by Gasteiger charge is -2.38. The molecular weight excluding hydrogens is 430 g/mol. The molecule has 0 spiro atoms. The minimum Gasteiger partial charge on any atom is -0.378 e. The first-order valence-electron chi connectivity index (χ1n) is 13.0. The van der Waals surface area contributed by atoms with Gasteiger partial charge in [-0.15, -0.1) is 0 Å².